The Labute approximate surface area is 135 Å². The maximum atomic E-state index is 12.7. The van der Waals surface area contributed by atoms with E-state index in [-0.39, 0.29) is 11.8 Å². The zero-order valence-electron chi connectivity index (χ0n) is 13.8. The standard InChI is InChI=1S/C17H22N4O2/c1-12-10-15(13(2)19(12)3)17(23)21-8-6-20(7-9-21)16(22)14-4-5-18-11-14/h4-5,10-11,18H,6-9H2,1-3H3. The number of aromatic amines is 1. The van der Waals surface area contributed by atoms with Crippen LogP contribution >= 0.6 is 0 Å². The lowest BCUT2D eigenvalue weighted by Crippen LogP contribution is -2.50. The van der Waals surface area contributed by atoms with Gasteiger partial charge in [-0.25, -0.2) is 0 Å². The molecule has 0 aromatic carbocycles. The molecule has 23 heavy (non-hydrogen) atoms. The number of nitrogens with one attached hydrogen (secondary N) is 1. The smallest absolute Gasteiger partial charge is 0.255 e. The Morgan fingerprint density at radius 3 is 2.13 bits per heavy atom. The summed E-state index contributed by atoms with van der Waals surface area (Å²) >= 11 is 0. The van der Waals surface area contributed by atoms with Crippen LogP contribution in [0.3, 0.4) is 0 Å². The van der Waals surface area contributed by atoms with Crippen LogP contribution in [0.25, 0.3) is 0 Å². The molecular formula is C17H22N4O2. The number of hydrogen-bond acceptors (Lipinski definition) is 2. The molecule has 0 unspecified atom stereocenters. The van der Waals surface area contributed by atoms with Gasteiger partial charge in [0.25, 0.3) is 11.8 Å². The molecule has 0 bridgehead atoms. The van der Waals surface area contributed by atoms with E-state index in [4.69, 9.17) is 0 Å². The summed E-state index contributed by atoms with van der Waals surface area (Å²) in [4.78, 5) is 31.5. The highest BCUT2D eigenvalue weighted by Gasteiger charge is 2.27. The highest BCUT2D eigenvalue weighted by Crippen LogP contribution is 2.17. The molecule has 6 heteroatoms. The van der Waals surface area contributed by atoms with E-state index in [0.29, 0.717) is 31.7 Å². The minimum absolute atomic E-state index is 0.0186. The fraction of sp³-hybridized carbons (Fsp3) is 0.412. The van der Waals surface area contributed by atoms with E-state index >= 15 is 0 Å². The Bertz CT molecular complexity index is 722. The van der Waals surface area contributed by atoms with Gasteiger partial charge in [0.05, 0.1) is 11.1 Å². The number of H-pyrrole nitrogens is 1. The summed E-state index contributed by atoms with van der Waals surface area (Å²) in [5.41, 5.74) is 3.49. The van der Waals surface area contributed by atoms with Gasteiger partial charge in [-0.15, -0.1) is 0 Å². The number of nitrogens with zero attached hydrogens (tertiary/aromatic N) is 3. The van der Waals surface area contributed by atoms with Crippen molar-refractivity contribution < 1.29 is 9.59 Å². The number of carbonyl (C=O) groups excluding carboxylic acids is 2. The topological polar surface area (TPSA) is 61.3 Å². The second-order valence-electron chi connectivity index (χ2n) is 6.03. The summed E-state index contributed by atoms with van der Waals surface area (Å²) < 4.78 is 2.03. The number of aromatic nitrogens is 2. The lowest BCUT2D eigenvalue weighted by atomic mass is 10.2. The Morgan fingerprint density at radius 1 is 1.04 bits per heavy atom. The maximum absolute atomic E-state index is 12.7. The average molecular weight is 314 g/mol. The van der Waals surface area contributed by atoms with Crippen LogP contribution in [-0.2, 0) is 7.05 Å². The first-order chi connectivity index (χ1) is 11.0. The monoisotopic (exact) mass is 314 g/mol. The van der Waals surface area contributed by atoms with E-state index in [1.807, 2.05) is 36.4 Å². The first-order valence-electron chi connectivity index (χ1n) is 7.83. The van der Waals surface area contributed by atoms with Gasteiger partial charge in [-0.3, -0.25) is 9.59 Å². The Kier molecular flexibility index (Phi) is 3.98. The van der Waals surface area contributed by atoms with Crippen molar-refractivity contribution in [3.05, 3.63) is 47.0 Å². The first-order valence-corrected chi connectivity index (χ1v) is 7.83. The molecular weight excluding hydrogens is 292 g/mol. The van der Waals surface area contributed by atoms with E-state index < -0.39 is 0 Å². The van der Waals surface area contributed by atoms with Gasteiger partial charge in [-0.05, 0) is 26.0 Å². The van der Waals surface area contributed by atoms with E-state index in [1.165, 1.54) is 0 Å². The van der Waals surface area contributed by atoms with E-state index in [9.17, 15) is 9.59 Å². The molecule has 3 rings (SSSR count). The molecule has 122 valence electrons. The summed E-state index contributed by atoms with van der Waals surface area (Å²) in [7, 11) is 1.97. The molecule has 0 spiro atoms. The van der Waals surface area contributed by atoms with Crippen molar-refractivity contribution in [1.29, 1.82) is 0 Å². The van der Waals surface area contributed by atoms with Crippen LogP contribution in [-0.4, -0.2) is 57.3 Å². The number of amides is 2. The van der Waals surface area contributed by atoms with Gasteiger partial charge in [0.15, 0.2) is 0 Å². The van der Waals surface area contributed by atoms with Gasteiger partial charge >= 0.3 is 0 Å². The Balaban J connectivity index is 1.66. The SMILES string of the molecule is Cc1cc(C(=O)N2CCN(C(=O)c3cc[nH]c3)CC2)c(C)n1C. The number of carbonyl (C=O) groups is 2. The van der Waals surface area contributed by atoms with Crippen LogP contribution in [0, 0.1) is 13.8 Å². The number of hydrogen-bond donors (Lipinski definition) is 1. The van der Waals surface area contributed by atoms with Crippen LogP contribution in [0.1, 0.15) is 32.1 Å². The zero-order chi connectivity index (χ0) is 16.6. The summed E-state index contributed by atoms with van der Waals surface area (Å²) in [5.74, 6) is 0.0741. The fourth-order valence-electron chi connectivity index (χ4n) is 2.99. The third-order valence-electron chi connectivity index (χ3n) is 4.70. The quantitative estimate of drug-likeness (QED) is 0.914. The molecule has 1 aliphatic rings. The number of rotatable bonds is 2. The van der Waals surface area contributed by atoms with Crippen LogP contribution in [0.4, 0.5) is 0 Å². The van der Waals surface area contributed by atoms with Gasteiger partial charge in [0.1, 0.15) is 0 Å². The van der Waals surface area contributed by atoms with Crippen LogP contribution in [0.15, 0.2) is 24.5 Å². The highest BCUT2D eigenvalue weighted by molar-refractivity contribution is 5.96. The Morgan fingerprint density at radius 2 is 1.65 bits per heavy atom. The second kappa shape index (κ2) is 5.95. The number of piperazine rings is 1. The van der Waals surface area contributed by atoms with Crippen molar-refractivity contribution in [2.24, 2.45) is 7.05 Å². The van der Waals surface area contributed by atoms with E-state index in [0.717, 1.165) is 17.0 Å². The molecule has 0 aliphatic carbocycles. The lowest BCUT2D eigenvalue weighted by molar-refractivity contribution is 0.0535. The molecule has 1 N–H and O–H groups in total. The van der Waals surface area contributed by atoms with Gasteiger partial charge < -0.3 is 19.4 Å². The molecule has 0 atom stereocenters. The predicted molar refractivity (Wildman–Crippen MR) is 87.5 cm³/mol. The molecule has 6 nitrogen and oxygen atoms in total. The molecule has 0 saturated carbocycles. The van der Waals surface area contributed by atoms with Crippen molar-refractivity contribution in [2.45, 2.75) is 13.8 Å². The zero-order valence-corrected chi connectivity index (χ0v) is 13.8. The van der Waals surface area contributed by atoms with Gasteiger partial charge in [-0.2, -0.15) is 0 Å². The summed E-state index contributed by atoms with van der Waals surface area (Å²) in [6, 6.07) is 3.71. The molecule has 1 aliphatic heterocycles. The minimum Gasteiger partial charge on any atom is -0.367 e. The lowest BCUT2D eigenvalue weighted by Gasteiger charge is -2.34. The van der Waals surface area contributed by atoms with Gasteiger partial charge in [0.2, 0.25) is 0 Å². The minimum atomic E-state index is 0.0186. The maximum Gasteiger partial charge on any atom is 0.255 e. The highest BCUT2D eigenvalue weighted by atomic mass is 16.2. The second-order valence-corrected chi connectivity index (χ2v) is 6.03. The third-order valence-corrected chi connectivity index (χ3v) is 4.70. The molecule has 2 aromatic heterocycles. The fourth-order valence-corrected chi connectivity index (χ4v) is 2.99. The molecule has 2 aromatic rings. The van der Waals surface area contributed by atoms with Gasteiger partial charge in [0, 0.05) is 57.0 Å². The van der Waals surface area contributed by atoms with Crippen molar-refractivity contribution >= 4 is 11.8 Å². The van der Waals surface area contributed by atoms with Crippen LogP contribution in [0.5, 0.6) is 0 Å². The van der Waals surface area contributed by atoms with Crippen LogP contribution in [0.2, 0.25) is 0 Å². The average Bonchev–Trinajstić information content (AvgIpc) is 3.19. The largest absolute Gasteiger partial charge is 0.367 e. The van der Waals surface area contributed by atoms with Gasteiger partial charge in [-0.1, -0.05) is 0 Å². The van der Waals surface area contributed by atoms with E-state index in [1.54, 1.807) is 23.4 Å². The summed E-state index contributed by atoms with van der Waals surface area (Å²) in [6.07, 6.45) is 3.45. The van der Waals surface area contributed by atoms with E-state index in [2.05, 4.69) is 4.98 Å². The van der Waals surface area contributed by atoms with Crippen molar-refractivity contribution in [1.82, 2.24) is 19.4 Å². The van der Waals surface area contributed by atoms with Crippen molar-refractivity contribution in [2.75, 3.05) is 26.2 Å². The molecule has 3 heterocycles. The Hall–Kier alpha value is -2.50. The predicted octanol–water partition coefficient (Wildman–Crippen LogP) is 1.57. The normalized spacial score (nSPS) is 15.1. The van der Waals surface area contributed by atoms with Crippen molar-refractivity contribution in [3.8, 4) is 0 Å². The molecule has 1 fully saturated rings. The number of aryl methyl sites for hydroxylation is 1. The molecule has 2 amide bonds. The first kappa shape index (κ1) is 15.4. The summed E-state index contributed by atoms with van der Waals surface area (Å²) in [5, 5.41) is 0. The molecule has 1 saturated heterocycles. The summed E-state index contributed by atoms with van der Waals surface area (Å²) in [6.45, 7) is 6.25. The van der Waals surface area contributed by atoms with Crippen LogP contribution < -0.4 is 0 Å². The van der Waals surface area contributed by atoms with Crippen molar-refractivity contribution in [3.63, 3.8) is 0 Å². The third kappa shape index (κ3) is 2.76. The molecule has 0 radical (unpaired) electrons.